The van der Waals surface area contributed by atoms with Crippen LogP contribution in [-0.2, 0) is 14.3 Å². The number of anilines is 1. The van der Waals surface area contributed by atoms with Gasteiger partial charge >= 0.3 is 0 Å². The summed E-state index contributed by atoms with van der Waals surface area (Å²) >= 11 is 11.1. The van der Waals surface area contributed by atoms with Gasteiger partial charge in [0, 0.05) is 23.1 Å². The molecular formula is C21H17ClN2O5S. The maximum atomic E-state index is 13.0. The summed E-state index contributed by atoms with van der Waals surface area (Å²) in [5.74, 6) is -0.950. The molecule has 2 fully saturated rings. The number of carbonyl (C=O) groups excluding carboxylic acids is 2. The topological polar surface area (TPSA) is 88.1 Å². The van der Waals surface area contributed by atoms with Crippen molar-refractivity contribution in [1.82, 2.24) is 5.32 Å². The number of thiocarbonyl (C=S) groups is 1. The van der Waals surface area contributed by atoms with E-state index in [1.807, 2.05) is 0 Å². The largest absolute Gasteiger partial charge is 0.507 e. The van der Waals surface area contributed by atoms with Crippen LogP contribution in [0.3, 0.4) is 0 Å². The summed E-state index contributed by atoms with van der Waals surface area (Å²) in [6.07, 6.45) is 2.67. The first-order valence-corrected chi connectivity index (χ1v) is 9.99. The first-order chi connectivity index (χ1) is 14.4. The molecule has 0 radical (unpaired) electrons. The van der Waals surface area contributed by atoms with Crippen molar-refractivity contribution in [3.8, 4) is 11.5 Å². The van der Waals surface area contributed by atoms with E-state index in [1.54, 1.807) is 36.4 Å². The zero-order chi connectivity index (χ0) is 21.3. The summed E-state index contributed by atoms with van der Waals surface area (Å²) in [5.41, 5.74) is 0.587. The third-order valence-electron chi connectivity index (χ3n) is 4.64. The lowest BCUT2D eigenvalue weighted by Crippen LogP contribution is -2.54. The molecule has 2 aromatic carbocycles. The van der Waals surface area contributed by atoms with Crippen LogP contribution in [-0.4, -0.2) is 34.9 Å². The van der Waals surface area contributed by atoms with Crippen LogP contribution < -0.4 is 15.0 Å². The number of nitrogens with one attached hydrogen (secondary N) is 1. The Morgan fingerprint density at radius 3 is 2.67 bits per heavy atom. The molecule has 2 aliphatic rings. The summed E-state index contributed by atoms with van der Waals surface area (Å²) in [7, 11) is 0. The van der Waals surface area contributed by atoms with Crippen LogP contribution in [0.25, 0.3) is 6.08 Å². The predicted octanol–water partition coefficient (Wildman–Crippen LogP) is 3.39. The molecule has 1 atom stereocenters. The Bertz CT molecular complexity index is 1050. The number of halogens is 1. The van der Waals surface area contributed by atoms with Crippen molar-refractivity contribution in [3.63, 3.8) is 0 Å². The van der Waals surface area contributed by atoms with Crippen molar-refractivity contribution in [2.75, 3.05) is 11.5 Å². The molecule has 2 heterocycles. The van der Waals surface area contributed by atoms with Gasteiger partial charge in [0.05, 0.1) is 12.3 Å². The molecular weight excluding hydrogens is 428 g/mol. The highest BCUT2D eigenvalue weighted by molar-refractivity contribution is 7.80. The van der Waals surface area contributed by atoms with E-state index in [4.69, 9.17) is 33.3 Å². The van der Waals surface area contributed by atoms with Crippen molar-refractivity contribution < 1.29 is 24.2 Å². The van der Waals surface area contributed by atoms with Crippen molar-refractivity contribution in [2.45, 2.75) is 19.1 Å². The van der Waals surface area contributed by atoms with Crippen LogP contribution in [0.1, 0.15) is 18.4 Å². The third-order valence-corrected chi connectivity index (χ3v) is 5.18. The molecule has 30 heavy (non-hydrogen) atoms. The number of carbonyl (C=O) groups is 2. The van der Waals surface area contributed by atoms with Gasteiger partial charge in [0.25, 0.3) is 11.8 Å². The second-order valence-electron chi connectivity index (χ2n) is 6.72. The van der Waals surface area contributed by atoms with Gasteiger partial charge in [-0.1, -0.05) is 11.6 Å². The maximum absolute atomic E-state index is 13.0. The summed E-state index contributed by atoms with van der Waals surface area (Å²) < 4.78 is 11.1. The van der Waals surface area contributed by atoms with Gasteiger partial charge in [-0.3, -0.25) is 19.8 Å². The number of phenols is 1. The van der Waals surface area contributed by atoms with Crippen molar-refractivity contribution in [1.29, 1.82) is 0 Å². The molecule has 7 nitrogen and oxygen atoms in total. The average Bonchev–Trinajstić information content (AvgIpc) is 3.21. The Balaban J connectivity index is 1.61. The first kappa shape index (κ1) is 20.3. The minimum Gasteiger partial charge on any atom is -0.507 e. The monoisotopic (exact) mass is 444 g/mol. The molecule has 2 N–H and O–H groups in total. The Morgan fingerprint density at radius 2 is 2.00 bits per heavy atom. The summed E-state index contributed by atoms with van der Waals surface area (Å²) in [4.78, 5) is 26.6. The fourth-order valence-corrected chi connectivity index (χ4v) is 3.56. The standard InChI is InChI=1S/C21H17ClN2O5S/c22-13-4-6-14(7-5-13)24-20(27)16(19(26)23-21(24)30)10-12-3-8-15(11-17(12)25)29-18-2-1-9-28-18/h3-8,10-11,18,25H,1-2,9H2,(H,23,26,30)/b16-10+. The summed E-state index contributed by atoms with van der Waals surface area (Å²) in [6, 6.07) is 11.1. The SMILES string of the molecule is O=C1NC(=S)N(c2ccc(Cl)cc2)C(=O)/C1=C/c1ccc(OC2CCCO2)cc1O. The molecule has 1 unspecified atom stereocenters. The number of nitrogens with zero attached hydrogens (tertiary/aromatic N) is 1. The van der Waals surface area contributed by atoms with E-state index in [0.29, 0.717) is 23.1 Å². The lowest BCUT2D eigenvalue weighted by molar-refractivity contribution is -0.122. The Labute approximate surface area is 182 Å². The number of benzene rings is 2. The third kappa shape index (κ3) is 4.16. The zero-order valence-electron chi connectivity index (χ0n) is 15.6. The Hall–Kier alpha value is -2.94. The molecule has 0 aromatic heterocycles. The van der Waals surface area contributed by atoms with Gasteiger partial charge in [-0.05, 0) is 61.1 Å². The van der Waals surface area contributed by atoms with Crippen LogP contribution in [0.15, 0.2) is 48.0 Å². The fraction of sp³-hybridized carbons (Fsp3) is 0.190. The molecule has 2 aliphatic heterocycles. The highest BCUT2D eigenvalue weighted by Gasteiger charge is 2.34. The van der Waals surface area contributed by atoms with E-state index in [2.05, 4.69) is 5.32 Å². The van der Waals surface area contributed by atoms with E-state index < -0.39 is 11.8 Å². The number of hydrogen-bond acceptors (Lipinski definition) is 6. The molecule has 2 amide bonds. The summed E-state index contributed by atoms with van der Waals surface area (Å²) in [6.45, 7) is 0.643. The molecule has 2 aromatic rings. The van der Waals surface area contributed by atoms with Crippen LogP contribution in [0.2, 0.25) is 5.02 Å². The van der Waals surface area contributed by atoms with Gasteiger partial charge in [0.1, 0.15) is 17.1 Å². The second-order valence-corrected chi connectivity index (χ2v) is 7.54. The van der Waals surface area contributed by atoms with E-state index in [-0.39, 0.29) is 28.3 Å². The quantitative estimate of drug-likeness (QED) is 0.427. The summed E-state index contributed by atoms with van der Waals surface area (Å²) in [5, 5.41) is 13.3. The van der Waals surface area contributed by atoms with Crippen LogP contribution in [0.5, 0.6) is 11.5 Å². The van der Waals surface area contributed by atoms with Crippen LogP contribution >= 0.6 is 23.8 Å². The minimum atomic E-state index is -0.644. The lowest BCUT2D eigenvalue weighted by Gasteiger charge is -2.29. The molecule has 2 saturated heterocycles. The van der Waals surface area contributed by atoms with Gasteiger partial charge in [-0.25, -0.2) is 0 Å². The molecule has 0 bridgehead atoms. The Kier molecular flexibility index (Phi) is 5.72. The molecule has 0 saturated carbocycles. The predicted molar refractivity (Wildman–Crippen MR) is 115 cm³/mol. The van der Waals surface area contributed by atoms with Gasteiger partial charge < -0.3 is 14.6 Å². The van der Waals surface area contributed by atoms with Gasteiger partial charge in [0.2, 0.25) is 0 Å². The van der Waals surface area contributed by atoms with E-state index in [0.717, 1.165) is 12.8 Å². The maximum Gasteiger partial charge on any atom is 0.270 e. The average molecular weight is 445 g/mol. The normalized spacial score (nSPS) is 20.6. The van der Waals surface area contributed by atoms with E-state index >= 15 is 0 Å². The fourth-order valence-electron chi connectivity index (χ4n) is 3.15. The number of phenolic OH excluding ortho intramolecular Hbond substituents is 1. The van der Waals surface area contributed by atoms with E-state index in [9.17, 15) is 14.7 Å². The number of amides is 2. The molecule has 154 valence electrons. The van der Waals surface area contributed by atoms with Gasteiger partial charge in [0.15, 0.2) is 11.4 Å². The number of hydrogen-bond donors (Lipinski definition) is 2. The van der Waals surface area contributed by atoms with Crippen molar-refractivity contribution in [3.05, 3.63) is 58.6 Å². The lowest BCUT2D eigenvalue weighted by atomic mass is 10.1. The van der Waals surface area contributed by atoms with Crippen LogP contribution in [0, 0.1) is 0 Å². The first-order valence-electron chi connectivity index (χ1n) is 9.20. The highest BCUT2D eigenvalue weighted by atomic mass is 35.5. The second kappa shape index (κ2) is 8.43. The number of ether oxygens (including phenoxy) is 2. The molecule has 0 aliphatic carbocycles. The smallest absolute Gasteiger partial charge is 0.270 e. The van der Waals surface area contributed by atoms with Gasteiger partial charge in [-0.2, -0.15) is 0 Å². The highest BCUT2D eigenvalue weighted by Crippen LogP contribution is 2.29. The van der Waals surface area contributed by atoms with Crippen molar-refractivity contribution in [2.24, 2.45) is 0 Å². The zero-order valence-corrected chi connectivity index (χ0v) is 17.2. The Morgan fingerprint density at radius 1 is 1.23 bits per heavy atom. The van der Waals surface area contributed by atoms with Gasteiger partial charge in [-0.15, -0.1) is 0 Å². The van der Waals surface area contributed by atoms with E-state index in [1.165, 1.54) is 17.0 Å². The van der Waals surface area contributed by atoms with Crippen LogP contribution in [0.4, 0.5) is 5.69 Å². The minimum absolute atomic E-state index is 0.0333. The molecule has 0 spiro atoms. The number of rotatable bonds is 4. The molecule has 9 heteroatoms. The molecule has 4 rings (SSSR count). The number of aromatic hydroxyl groups is 1. The van der Waals surface area contributed by atoms with Crippen molar-refractivity contribution >= 4 is 52.5 Å².